The summed E-state index contributed by atoms with van der Waals surface area (Å²) >= 11 is 0. The van der Waals surface area contributed by atoms with E-state index in [9.17, 15) is 9.18 Å². The van der Waals surface area contributed by atoms with Crippen LogP contribution in [0.4, 0.5) is 4.39 Å². The minimum absolute atomic E-state index is 0.273. The Bertz CT molecular complexity index is 913. The number of rotatable bonds is 7. The van der Waals surface area contributed by atoms with E-state index in [1.54, 1.807) is 36.5 Å². The molecule has 27 heavy (non-hydrogen) atoms. The second-order valence-corrected chi connectivity index (χ2v) is 5.70. The Kier molecular flexibility index (Phi) is 5.99. The molecule has 0 aliphatic rings. The van der Waals surface area contributed by atoms with Gasteiger partial charge in [0.1, 0.15) is 17.3 Å². The highest BCUT2D eigenvalue weighted by molar-refractivity contribution is 5.94. The minimum Gasteiger partial charge on any atom is -0.494 e. The Morgan fingerprint density at radius 3 is 2.59 bits per heavy atom. The SMILES string of the molecule is CCOc1ccc(Oc2cc(CNC(=O)c3cccc(F)c3)ccn2)cc1. The molecule has 0 atom stereocenters. The smallest absolute Gasteiger partial charge is 0.251 e. The first-order valence-electron chi connectivity index (χ1n) is 8.53. The lowest BCUT2D eigenvalue weighted by Crippen LogP contribution is -2.22. The standard InChI is InChI=1S/C21H19FN2O3/c1-2-26-18-6-8-19(9-7-18)27-20-12-15(10-11-23-20)14-24-21(25)16-4-3-5-17(22)13-16/h3-13H,2,14H2,1H3,(H,24,25). The summed E-state index contributed by atoms with van der Waals surface area (Å²) in [5.41, 5.74) is 1.09. The van der Waals surface area contributed by atoms with E-state index in [2.05, 4.69) is 10.3 Å². The number of benzene rings is 2. The van der Waals surface area contributed by atoms with Crippen molar-refractivity contribution in [3.8, 4) is 17.4 Å². The van der Waals surface area contributed by atoms with Gasteiger partial charge in [-0.2, -0.15) is 0 Å². The van der Waals surface area contributed by atoms with Gasteiger partial charge in [0.05, 0.1) is 6.61 Å². The molecule has 1 heterocycles. The highest BCUT2D eigenvalue weighted by Crippen LogP contribution is 2.23. The number of nitrogens with one attached hydrogen (secondary N) is 1. The second kappa shape index (κ2) is 8.80. The third-order valence-corrected chi connectivity index (χ3v) is 3.70. The fourth-order valence-electron chi connectivity index (χ4n) is 2.42. The predicted octanol–water partition coefficient (Wildman–Crippen LogP) is 4.34. The summed E-state index contributed by atoms with van der Waals surface area (Å²) in [7, 11) is 0. The average Bonchev–Trinajstić information content (AvgIpc) is 2.68. The van der Waals surface area contributed by atoms with Crippen molar-refractivity contribution < 1.29 is 18.7 Å². The lowest BCUT2D eigenvalue weighted by Gasteiger charge is -2.09. The second-order valence-electron chi connectivity index (χ2n) is 5.70. The van der Waals surface area contributed by atoms with Crippen molar-refractivity contribution >= 4 is 5.91 Å². The summed E-state index contributed by atoms with van der Waals surface area (Å²) in [5, 5.41) is 2.75. The molecule has 0 fully saturated rings. The molecule has 3 aromatic rings. The topological polar surface area (TPSA) is 60.5 Å². The van der Waals surface area contributed by atoms with Crippen LogP contribution >= 0.6 is 0 Å². The molecule has 0 aliphatic heterocycles. The quantitative estimate of drug-likeness (QED) is 0.676. The number of carbonyl (C=O) groups is 1. The number of aromatic nitrogens is 1. The van der Waals surface area contributed by atoms with Crippen LogP contribution in [0, 0.1) is 5.82 Å². The largest absolute Gasteiger partial charge is 0.494 e. The molecule has 3 rings (SSSR count). The van der Waals surface area contributed by atoms with Crippen LogP contribution < -0.4 is 14.8 Å². The summed E-state index contributed by atoms with van der Waals surface area (Å²) in [6.07, 6.45) is 1.60. The van der Waals surface area contributed by atoms with Crippen molar-refractivity contribution in [2.45, 2.75) is 13.5 Å². The minimum atomic E-state index is -0.447. The van der Waals surface area contributed by atoms with Crippen LogP contribution in [0.2, 0.25) is 0 Å². The Hall–Kier alpha value is -3.41. The molecule has 0 aliphatic carbocycles. The molecule has 0 saturated carbocycles. The van der Waals surface area contributed by atoms with Crippen molar-refractivity contribution in [3.05, 3.63) is 83.8 Å². The molecular formula is C21H19FN2O3. The van der Waals surface area contributed by atoms with Gasteiger partial charge in [0.2, 0.25) is 5.88 Å². The molecular weight excluding hydrogens is 347 g/mol. The molecule has 0 bridgehead atoms. The van der Waals surface area contributed by atoms with Gasteiger partial charge >= 0.3 is 0 Å². The van der Waals surface area contributed by atoms with Crippen LogP contribution in [0.25, 0.3) is 0 Å². The molecule has 5 nitrogen and oxygen atoms in total. The maximum Gasteiger partial charge on any atom is 0.251 e. The zero-order chi connectivity index (χ0) is 19.1. The van der Waals surface area contributed by atoms with Gasteiger partial charge in [-0.05, 0) is 61.0 Å². The van der Waals surface area contributed by atoms with E-state index in [0.29, 0.717) is 18.2 Å². The number of carbonyl (C=O) groups excluding carboxylic acids is 1. The first-order chi connectivity index (χ1) is 13.1. The Morgan fingerprint density at radius 2 is 1.85 bits per heavy atom. The molecule has 0 radical (unpaired) electrons. The first-order valence-corrected chi connectivity index (χ1v) is 8.53. The van der Waals surface area contributed by atoms with Crippen LogP contribution in [0.5, 0.6) is 17.4 Å². The number of hydrogen-bond acceptors (Lipinski definition) is 4. The molecule has 6 heteroatoms. The molecule has 138 valence electrons. The van der Waals surface area contributed by atoms with Crippen molar-refractivity contribution in [1.82, 2.24) is 10.3 Å². The molecule has 0 spiro atoms. The van der Waals surface area contributed by atoms with E-state index < -0.39 is 5.82 Å². The van der Waals surface area contributed by atoms with Gasteiger partial charge in [-0.3, -0.25) is 4.79 Å². The van der Waals surface area contributed by atoms with E-state index in [1.807, 2.05) is 19.1 Å². The summed E-state index contributed by atoms with van der Waals surface area (Å²) in [6.45, 7) is 2.80. The zero-order valence-electron chi connectivity index (χ0n) is 14.8. The number of ether oxygens (including phenoxy) is 2. The van der Waals surface area contributed by atoms with Crippen LogP contribution in [0.1, 0.15) is 22.8 Å². The van der Waals surface area contributed by atoms with Gasteiger partial charge in [0.25, 0.3) is 5.91 Å². The highest BCUT2D eigenvalue weighted by Gasteiger charge is 2.07. The summed E-state index contributed by atoms with van der Waals surface area (Å²) < 4.78 is 24.3. The van der Waals surface area contributed by atoms with Gasteiger partial charge in [-0.25, -0.2) is 9.37 Å². The van der Waals surface area contributed by atoms with Crippen LogP contribution in [-0.4, -0.2) is 17.5 Å². The Morgan fingerprint density at radius 1 is 1.07 bits per heavy atom. The van der Waals surface area contributed by atoms with E-state index in [1.165, 1.54) is 18.2 Å². The van der Waals surface area contributed by atoms with Crippen molar-refractivity contribution in [1.29, 1.82) is 0 Å². The Balaban J connectivity index is 1.60. The lowest BCUT2D eigenvalue weighted by atomic mass is 10.2. The van der Waals surface area contributed by atoms with Gasteiger partial charge < -0.3 is 14.8 Å². The fourth-order valence-corrected chi connectivity index (χ4v) is 2.42. The van der Waals surface area contributed by atoms with Crippen molar-refractivity contribution in [2.75, 3.05) is 6.61 Å². The van der Waals surface area contributed by atoms with Crippen LogP contribution in [-0.2, 0) is 6.54 Å². The molecule has 1 N–H and O–H groups in total. The zero-order valence-corrected chi connectivity index (χ0v) is 14.8. The first kappa shape index (κ1) is 18.4. The van der Waals surface area contributed by atoms with Gasteiger partial charge in [-0.1, -0.05) is 6.07 Å². The number of nitrogens with zero attached hydrogens (tertiary/aromatic N) is 1. The lowest BCUT2D eigenvalue weighted by molar-refractivity contribution is 0.0950. The van der Waals surface area contributed by atoms with E-state index in [4.69, 9.17) is 9.47 Å². The fraction of sp³-hybridized carbons (Fsp3) is 0.143. The number of pyridine rings is 1. The van der Waals surface area contributed by atoms with Crippen molar-refractivity contribution in [2.24, 2.45) is 0 Å². The third kappa shape index (κ3) is 5.28. The summed E-state index contributed by atoms with van der Waals surface area (Å²) in [5.74, 6) is 1.02. The normalized spacial score (nSPS) is 10.3. The molecule has 1 amide bonds. The van der Waals surface area contributed by atoms with Crippen LogP contribution in [0.15, 0.2) is 66.9 Å². The molecule has 2 aromatic carbocycles. The van der Waals surface area contributed by atoms with Crippen molar-refractivity contribution in [3.63, 3.8) is 0 Å². The number of amides is 1. The number of halogens is 1. The monoisotopic (exact) mass is 366 g/mol. The number of hydrogen-bond donors (Lipinski definition) is 1. The highest BCUT2D eigenvalue weighted by atomic mass is 19.1. The maximum absolute atomic E-state index is 13.2. The van der Waals surface area contributed by atoms with Gasteiger partial charge in [0.15, 0.2) is 0 Å². The van der Waals surface area contributed by atoms with Crippen LogP contribution in [0.3, 0.4) is 0 Å². The van der Waals surface area contributed by atoms with E-state index >= 15 is 0 Å². The average molecular weight is 366 g/mol. The van der Waals surface area contributed by atoms with Gasteiger partial charge in [0, 0.05) is 24.4 Å². The Labute approximate surface area is 156 Å². The summed E-state index contributed by atoms with van der Waals surface area (Å²) in [6, 6.07) is 16.3. The third-order valence-electron chi connectivity index (χ3n) is 3.70. The molecule has 0 saturated heterocycles. The van der Waals surface area contributed by atoms with E-state index in [-0.39, 0.29) is 18.0 Å². The molecule has 1 aromatic heterocycles. The van der Waals surface area contributed by atoms with Gasteiger partial charge in [-0.15, -0.1) is 0 Å². The summed E-state index contributed by atoms with van der Waals surface area (Å²) in [4.78, 5) is 16.3. The molecule has 0 unspecified atom stereocenters. The maximum atomic E-state index is 13.2. The van der Waals surface area contributed by atoms with E-state index in [0.717, 1.165) is 11.3 Å². The predicted molar refractivity (Wildman–Crippen MR) is 99.5 cm³/mol.